The van der Waals surface area contributed by atoms with Crippen molar-refractivity contribution in [1.82, 2.24) is 10.2 Å². The number of carbonyl (C=O) groups excluding carboxylic acids is 1. The summed E-state index contributed by atoms with van der Waals surface area (Å²) in [6, 6.07) is 10.8. The third-order valence-electron chi connectivity index (χ3n) is 3.45. The first kappa shape index (κ1) is 15.7. The van der Waals surface area contributed by atoms with Crippen LogP contribution in [0, 0.1) is 5.82 Å². The number of carbonyl (C=O) groups is 1. The van der Waals surface area contributed by atoms with Crippen molar-refractivity contribution in [2.45, 2.75) is 0 Å². The van der Waals surface area contributed by atoms with E-state index in [9.17, 15) is 9.18 Å². The van der Waals surface area contributed by atoms with Crippen LogP contribution in [0.3, 0.4) is 0 Å². The Bertz CT molecular complexity index is 1060. The molecule has 2 aromatic carbocycles. The highest BCUT2D eigenvalue weighted by Gasteiger charge is 2.19. The highest BCUT2D eigenvalue weighted by atomic mass is 35.5. The quantitative estimate of drug-likeness (QED) is 0.374. The lowest BCUT2D eigenvalue weighted by Crippen LogP contribution is -2.06. The van der Waals surface area contributed by atoms with Crippen molar-refractivity contribution in [1.29, 1.82) is 0 Å². The summed E-state index contributed by atoms with van der Waals surface area (Å²) < 4.78 is 24.3. The van der Waals surface area contributed by atoms with Crippen LogP contribution in [0.5, 0.6) is 5.75 Å². The number of halogens is 2. The average molecular weight is 375 g/mol. The molecule has 0 radical (unpaired) electrons. The van der Waals surface area contributed by atoms with Gasteiger partial charge in [-0.3, -0.25) is 0 Å². The van der Waals surface area contributed by atoms with Gasteiger partial charge in [-0.05, 0) is 42.5 Å². The van der Waals surface area contributed by atoms with Crippen molar-refractivity contribution in [2.24, 2.45) is 0 Å². The van der Waals surface area contributed by atoms with E-state index in [1.165, 1.54) is 18.5 Å². The molecule has 0 N–H and O–H groups in total. The number of esters is 1. The number of hydrogen-bond acceptors (Lipinski definition) is 6. The molecule has 0 aliphatic heterocycles. The average Bonchev–Trinajstić information content (AvgIpc) is 3.24. The molecular formula is C17H8ClFN2O3S. The van der Waals surface area contributed by atoms with Crippen LogP contribution in [0.2, 0.25) is 5.02 Å². The summed E-state index contributed by atoms with van der Waals surface area (Å²) in [6.45, 7) is 0. The molecule has 25 heavy (non-hydrogen) atoms. The summed E-state index contributed by atoms with van der Waals surface area (Å²) in [5.41, 5.74) is 0.702. The zero-order valence-corrected chi connectivity index (χ0v) is 14.0. The van der Waals surface area contributed by atoms with E-state index in [0.29, 0.717) is 27.3 Å². The molecule has 0 aliphatic rings. The number of hydrogen-bond donors (Lipinski definition) is 0. The highest BCUT2D eigenvalue weighted by Crippen LogP contribution is 2.36. The standard InChI is InChI=1S/C17H8ClFN2O3S/c18-14-12-6-3-10(19)7-13(12)25-15(14)17(22)24-11-4-1-9(2-5-11)16-21-20-8-23-16/h1-8H. The van der Waals surface area contributed by atoms with E-state index in [0.717, 1.165) is 11.3 Å². The van der Waals surface area contributed by atoms with Crippen LogP contribution in [0.4, 0.5) is 4.39 Å². The third-order valence-corrected chi connectivity index (χ3v) is 5.09. The van der Waals surface area contributed by atoms with Gasteiger partial charge in [0.25, 0.3) is 0 Å². The Labute approximate surface area is 149 Å². The second-order valence-electron chi connectivity index (χ2n) is 5.04. The van der Waals surface area contributed by atoms with Gasteiger partial charge in [0, 0.05) is 15.6 Å². The normalized spacial score (nSPS) is 11.0. The van der Waals surface area contributed by atoms with E-state index in [1.807, 2.05) is 0 Å². The monoisotopic (exact) mass is 374 g/mol. The number of ether oxygens (including phenoxy) is 1. The van der Waals surface area contributed by atoms with E-state index in [-0.39, 0.29) is 15.7 Å². The van der Waals surface area contributed by atoms with Gasteiger partial charge >= 0.3 is 5.97 Å². The lowest BCUT2D eigenvalue weighted by atomic mass is 10.2. The maximum atomic E-state index is 13.3. The summed E-state index contributed by atoms with van der Waals surface area (Å²) in [7, 11) is 0. The number of benzene rings is 2. The van der Waals surface area contributed by atoms with Crippen LogP contribution in [0.15, 0.2) is 53.3 Å². The molecule has 5 nitrogen and oxygen atoms in total. The summed E-state index contributed by atoms with van der Waals surface area (Å²) in [5, 5.41) is 8.27. The maximum absolute atomic E-state index is 13.3. The summed E-state index contributed by atoms with van der Waals surface area (Å²) in [5.74, 6) is -0.278. The van der Waals surface area contributed by atoms with Crippen molar-refractivity contribution in [3.8, 4) is 17.2 Å². The molecule has 0 unspecified atom stereocenters. The molecule has 0 amide bonds. The fourth-order valence-corrected chi connectivity index (χ4v) is 3.70. The molecule has 0 fully saturated rings. The van der Waals surface area contributed by atoms with Crippen molar-refractivity contribution in [3.05, 3.63) is 64.6 Å². The summed E-state index contributed by atoms with van der Waals surface area (Å²) in [6.07, 6.45) is 1.23. The summed E-state index contributed by atoms with van der Waals surface area (Å²) in [4.78, 5) is 12.6. The van der Waals surface area contributed by atoms with Gasteiger partial charge in [0.15, 0.2) is 0 Å². The van der Waals surface area contributed by atoms with Gasteiger partial charge in [0.05, 0.1) is 5.02 Å². The van der Waals surface area contributed by atoms with Gasteiger partial charge in [-0.15, -0.1) is 21.5 Å². The Hall–Kier alpha value is -2.77. The van der Waals surface area contributed by atoms with Crippen molar-refractivity contribution < 1.29 is 18.3 Å². The van der Waals surface area contributed by atoms with Gasteiger partial charge in [0.2, 0.25) is 12.3 Å². The molecule has 0 atom stereocenters. The molecule has 4 aromatic rings. The van der Waals surface area contributed by atoms with E-state index >= 15 is 0 Å². The molecule has 0 saturated carbocycles. The topological polar surface area (TPSA) is 65.2 Å². The lowest BCUT2D eigenvalue weighted by molar-refractivity contribution is 0.0740. The first-order chi connectivity index (χ1) is 12.1. The van der Waals surface area contributed by atoms with E-state index in [4.69, 9.17) is 20.8 Å². The van der Waals surface area contributed by atoms with Crippen LogP contribution in [-0.4, -0.2) is 16.2 Å². The Morgan fingerprint density at radius 1 is 1.20 bits per heavy atom. The lowest BCUT2D eigenvalue weighted by Gasteiger charge is -2.03. The largest absolute Gasteiger partial charge is 0.423 e. The smallest absolute Gasteiger partial charge is 0.355 e. The zero-order chi connectivity index (χ0) is 17.4. The van der Waals surface area contributed by atoms with Gasteiger partial charge in [0.1, 0.15) is 16.4 Å². The Kier molecular flexibility index (Phi) is 3.95. The minimum Gasteiger partial charge on any atom is -0.423 e. The minimum atomic E-state index is -0.600. The molecule has 2 aromatic heterocycles. The molecular weight excluding hydrogens is 367 g/mol. The zero-order valence-electron chi connectivity index (χ0n) is 12.4. The van der Waals surface area contributed by atoms with Crippen LogP contribution < -0.4 is 4.74 Å². The second kappa shape index (κ2) is 6.27. The first-order valence-electron chi connectivity index (χ1n) is 7.08. The summed E-state index contributed by atoms with van der Waals surface area (Å²) >= 11 is 7.31. The number of rotatable bonds is 3. The van der Waals surface area contributed by atoms with Crippen molar-refractivity contribution in [3.63, 3.8) is 0 Å². The molecule has 0 spiro atoms. The Morgan fingerprint density at radius 3 is 2.72 bits per heavy atom. The van der Waals surface area contributed by atoms with E-state index in [2.05, 4.69) is 10.2 Å². The first-order valence-corrected chi connectivity index (χ1v) is 8.27. The van der Waals surface area contributed by atoms with E-state index in [1.54, 1.807) is 30.3 Å². The van der Waals surface area contributed by atoms with Crippen molar-refractivity contribution in [2.75, 3.05) is 0 Å². The molecule has 4 rings (SSSR count). The maximum Gasteiger partial charge on any atom is 0.355 e. The van der Waals surface area contributed by atoms with Gasteiger partial charge < -0.3 is 9.15 Å². The molecule has 0 aliphatic carbocycles. The Morgan fingerprint density at radius 2 is 2.00 bits per heavy atom. The molecule has 2 heterocycles. The van der Waals surface area contributed by atoms with Crippen LogP contribution in [0.25, 0.3) is 21.5 Å². The predicted octanol–water partition coefficient (Wildman–Crippen LogP) is 4.96. The highest BCUT2D eigenvalue weighted by molar-refractivity contribution is 7.21. The molecule has 124 valence electrons. The minimum absolute atomic E-state index is 0.225. The second-order valence-corrected chi connectivity index (χ2v) is 6.47. The van der Waals surface area contributed by atoms with Crippen LogP contribution in [-0.2, 0) is 0 Å². The number of aromatic nitrogens is 2. The SMILES string of the molecule is O=C(Oc1ccc(-c2nnco2)cc1)c1sc2cc(F)ccc2c1Cl. The number of nitrogens with zero attached hydrogens (tertiary/aromatic N) is 2. The van der Waals surface area contributed by atoms with Gasteiger partial charge in [-0.1, -0.05) is 11.6 Å². The number of thiophene rings is 1. The molecule has 8 heteroatoms. The Balaban J connectivity index is 1.59. The van der Waals surface area contributed by atoms with E-state index < -0.39 is 5.97 Å². The molecule has 0 bridgehead atoms. The van der Waals surface area contributed by atoms with Crippen molar-refractivity contribution >= 4 is 39.0 Å². The third kappa shape index (κ3) is 2.99. The van der Waals surface area contributed by atoms with Crippen LogP contribution >= 0.6 is 22.9 Å². The van der Waals surface area contributed by atoms with Gasteiger partial charge in [-0.25, -0.2) is 9.18 Å². The number of fused-ring (bicyclic) bond motifs is 1. The van der Waals surface area contributed by atoms with Gasteiger partial charge in [-0.2, -0.15) is 0 Å². The fourth-order valence-electron chi connectivity index (χ4n) is 2.29. The predicted molar refractivity (Wildman–Crippen MR) is 91.5 cm³/mol. The molecule has 0 saturated heterocycles. The van der Waals surface area contributed by atoms with Crippen LogP contribution in [0.1, 0.15) is 9.67 Å². The fraction of sp³-hybridized carbons (Fsp3) is 0.